The minimum Gasteiger partial charge on any atom is -0.731 e. The van der Waals surface area contributed by atoms with Gasteiger partial charge in [0.15, 0.2) is 27.2 Å². The molecule has 0 bridgehead atoms. The minimum atomic E-state index is -5.36. The maximum absolute atomic E-state index is 12.9. The molecular formula is C18H16ClN6NaO8S2. The fourth-order valence-corrected chi connectivity index (χ4v) is 4.55. The summed E-state index contributed by atoms with van der Waals surface area (Å²) >= 11 is 6.36. The molecule has 0 aliphatic carbocycles. The van der Waals surface area contributed by atoms with Gasteiger partial charge in [0, 0.05) is 11.1 Å². The molecule has 2 unspecified atom stereocenters. The van der Waals surface area contributed by atoms with Crippen molar-refractivity contribution in [3.8, 4) is 0 Å². The van der Waals surface area contributed by atoms with Gasteiger partial charge >= 0.3 is 29.6 Å². The Kier molecular flexibility index (Phi) is 10.4. The number of hydrogen-bond donors (Lipinski definition) is 3. The van der Waals surface area contributed by atoms with E-state index in [0.29, 0.717) is 0 Å². The molecule has 1 aliphatic rings. The number of nitrogens with one attached hydrogen (secondary N) is 3. The van der Waals surface area contributed by atoms with E-state index in [4.69, 9.17) is 11.6 Å². The maximum Gasteiger partial charge on any atom is 1.00 e. The van der Waals surface area contributed by atoms with E-state index in [1.807, 2.05) is 0 Å². The van der Waals surface area contributed by atoms with Crippen molar-refractivity contribution in [1.29, 1.82) is 0 Å². The van der Waals surface area contributed by atoms with Crippen LogP contribution < -0.4 is 45.5 Å². The molecular weight excluding hydrogens is 551 g/mol. The second kappa shape index (κ2) is 12.6. The Balaban J connectivity index is 0.00000456. The van der Waals surface area contributed by atoms with Crippen LogP contribution in [-0.2, 0) is 34.3 Å². The van der Waals surface area contributed by atoms with Gasteiger partial charge in [0.2, 0.25) is 5.91 Å². The van der Waals surface area contributed by atoms with E-state index in [2.05, 4.69) is 30.9 Å². The number of anilines is 2. The van der Waals surface area contributed by atoms with Crippen LogP contribution in [0.2, 0.25) is 0 Å². The van der Waals surface area contributed by atoms with Crippen LogP contribution in [0.3, 0.4) is 0 Å². The SMILES string of the molecule is CON=C(C(=O)NC1C(=O)N(S(=O)(=O)[O-])C1C(=O)Nc1ccccc1)c1csc(NC(=O)CCl)n1.[Na+]. The van der Waals surface area contributed by atoms with Gasteiger partial charge < -0.3 is 25.3 Å². The van der Waals surface area contributed by atoms with E-state index < -0.39 is 51.7 Å². The maximum atomic E-state index is 12.9. The molecule has 1 aromatic carbocycles. The summed E-state index contributed by atoms with van der Waals surface area (Å²) in [6.45, 7) is 0. The van der Waals surface area contributed by atoms with E-state index >= 15 is 0 Å². The van der Waals surface area contributed by atoms with Gasteiger partial charge in [-0.25, -0.2) is 17.7 Å². The summed E-state index contributed by atoms with van der Waals surface area (Å²) in [7, 11) is -4.23. The van der Waals surface area contributed by atoms with Crippen LogP contribution in [0.1, 0.15) is 5.69 Å². The number of β-lactam (4-membered cyclic amide) rings is 1. The molecule has 36 heavy (non-hydrogen) atoms. The number of hydrogen-bond acceptors (Lipinski definition) is 11. The first-order chi connectivity index (χ1) is 16.6. The Morgan fingerprint density at radius 1 is 1.25 bits per heavy atom. The summed E-state index contributed by atoms with van der Waals surface area (Å²) in [5.74, 6) is -4.28. The van der Waals surface area contributed by atoms with Crippen molar-refractivity contribution in [2.45, 2.75) is 12.1 Å². The molecule has 2 heterocycles. The number of rotatable bonds is 9. The van der Waals surface area contributed by atoms with Crippen molar-refractivity contribution in [1.82, 2.24) is 14.6 Å². The topological polar surface area (TPSA) is 199 Å². The third kappa shape index (κ3) is 6.78. The quantitative estimate of drug-likeness (QED) is 0.0687. The third-order valence-electron chi connectivity index (χ3n) is 4.40. The molecule has 2 atom stereocenters. The summed E-state index contributed by atoms with van der Waals surface area (Å²) in [4.78, 5) is 58.0. The van der Waals surface area contributed by atoms with Crippen LogP contribution in [0.15, 0.2) is 40.9 Å². The van der Waals surface area contributed by atoms with Gasteiger partial charge in [-0.15, -0.1) is 22.9 Å². The second-order valence-electron chi connectivity index (χ2n) is 6.69. The molecule has 0 spiro atoms. The zero-order valence-corrected chi connectivity index (χ0v) is 23.0. The molecule has 3 rings (SSSR count). The van der Waals surface area contributed by atoms with E-state index in [-0.39, 0.29) is 56.3 Å². The zero-order chi connectivity index (χ0) is 25.8. The number of aromatic nitrogens is 1. The summed E-state index contributed by atoms with van der Waals surface area (Å²) < 4.78 is 34.5. The van der Waals surface area contributed by atoms with E-state index in [9.17, 15) is 32.1 Å². The van der Waals surface area contributed by atoms with Gasteiger partial charge in [0.25, 0.3) is 17.7 Å². The average Bonchev–Trinajstić information content (AvgIpc) is 3.26. The molecule has 1 aromatic heterocycles. The van der Waals surface area contributed by atoms with Crippen molar-refractivity contribution < 1.29 is 66.5 Å². The predicted molar refractivity (Wildman–Crippen MR) is 122 cm³/mol. The first-order valence-corrected chi connectivity index (χ1v) is 12.2. The number of alkyl halides is 1. The van der Waals surface area contributed by atoms with Gasteiger partial charge in [0.05, 0.1) is 0 Å². The molecule has 1 fully saturated rings. The van der Waals surface area contributed by atoms with Gasteiger partial charge in [-0.2, -0.15) is 0 Å². The summed E-state index contributed by atoms with van der Waals surface area (Å²) in [6, 6.07) is 4.28. The van der Waals surface area contributed by atoms with Crippen molar-refractivity contribution >= 4 is 73.4 Å². The number of carbonyl (C=O) groups is 4. The average molecular weight is 567 g/mol. The van der Waals surface area contributed by atoms with Crippen LogP contribution >= 0.6 is 22.9 Å². The Morgan fingerprint density at radius 3 is 2.50 bits per heavy atom. The monoisotopic (exact) mass is 566 g/mol. The molecule has 4 amide bonds. The van der Waals surface area contributed by atoms with Gasteiger partial charge in [0.1, 0.15) is 24.7 Å². The van der Waals surface area contributed by atoms with E-state index in [0.717, 1.165) is 18.4 Å². The Bertz CT molecular complexity index is 1290. The molecule has 1 saturated heterocycles. The first kappa shape index (κ1) is 29.6. The Morgan fingerprint density at radius 2 is 1.92 bits per heavy atom. The number of amides is 4. The molecule has 1 aliphatic heterocycles. The number of halogens is 1. The standard InChI is InChI=1S/C18H17ClN6O8S2.Na/c1-33-24-12(10-8-34-18(21-10)22-11(26)7-19)15(27)23-13-14(25(17(13)29)35(30,31)32)16(28)20-9-5-3-2-4-6-9;/h2-6,8,13-14H,7H2,1H3,(H,20,28)(H,23,27)(H,21,22,26)(H,30,31,32);/q;+1/p-1. The van der Waals surface area contributed by atoms with Crippen molar-refractivity contribution in [2.24, 2.45) is 5.16 Å². The van der Waals surface area contributed by atoms with Gasteiger partial charge in [-0.1, -0.05) is 23.4 Å². The van der Waals surface area contributed by atoms with Crippen molar-refractivity contribution in [3.05, 3.63) is 41.4 Å². The third-order valence-corrected chi connectivity index (χ3v) is 6.29. The summed E-state index contributed by atoms with van der Waals surface area (Å²) in [5.41, 5.74) is -0.251. The van der Waals surface area contributed by atoms with Gasteiger partial charge in [-0.3, -0.25) is 19.2 Å². The fraction of sp³-hybridized carbons (Fsp3) is 0.222. The number of oxime groups is 1. The molecule has 3 N–H and O–H groups in total. The van der Waals surface area contributed by atoms with E-state index in [1.54, 1.807) is 18.2 Å². The number of thiazole rings is 1. The van der Waals surface area contributed by atoms with Crippen molar-refractivity contribution in [2.75, 3.05) is 23.6 Å². The van der Waals surface area contributed by atoms with Gasteiger partial charge in [-0.05, 0) is 12.1 Å². The summed E-state index contributed by atoms with van der Waals surface area (Å²) in [6.07, 6.45) is 0. The normalized spacial score (nSPS) is 17.4. The van der Waals surface area contributed by atoms with E-state index in [1.165, 1.54) is 17.5 Å². The van der Waals surface area contributed by atoms with Crippen molar-refractivity contribution in [3.63, 3.8) is 0 Å². The number of carbonyl (C=O) groups excluding carboxylic acids is 4. The Labute approximate surface area is 235 Å². The smallest absolute Gasteiger partial charge is 0.731 e. The number of benzene rings is 1. The molecule has 2 aromatic rings. The largest absolute Gasteiger partial charge is 1.00 e. The van der Waals surface area contributed by atoms with Crippen LogP contribution in [0.5, 0.6) is 0 Å². The Hall–Kier alpha value is -2.60. The number of para-hydroxylation sites is 1. The van der Waals surface area contributed by atoms with Crippen LogP contribution in [0.25, 0.3) is 0 Å². The first-order valence-electron chi connectivity index (χ1n) is 9.45. The zero-order valence-electron chi connectivity index (χ0n) is 18.6. The summed E-state index contributed by atoms with van der Waals surface area (Å²) in [5, 5.41) is 11.9. The molecule has 186 valence electrons. The minimum absolute atomic E-state index is 0. The van der Waals surface area contributed by atoms with Crippen LogP contribution in [-0.4, -0.2) is 76.7 Å². The van der Waals surface area contributed by atoms with Crippen LogP contribution in [0.4, 0.5) is 10.8 Å². The molecule has 0 saturated carbocycles. The fourth-order valence-electron chi connectivity index (χ4n) is 2.95. The molecule has 0 radical (unpaired) electrons. The molecule has 14 nitrogen and oxygen atoms in total. The predicted octanol–water partition coefficient (Wildman–Crippen LogP) is -3.53. The second-order valence-corrected chi connectivity index (χ2v) is 9.06. The molecule has 18 heteroatoms. The van der Waals surface area contributed by atoms with Crippen LogP contribution in [0, 0.1) is 0 Å². The number of nitrogens with zero attached hydrogens (tertiary/aromatic N) is 3.